The van der Waals surface area contributed by atoms with Crippen molar-refractivity contribution in [2.75, 3.05) is 31.6 Å². The van der Waals surface area contributed by atoms with Crippen molar-refractivity contribution in [2.45, 2.75) is 43.0 Å². The molecule has 2 amide bonds. The molecule has 1 aromatic rings. The number of hydrogen-bond donors (Lipinski definition) is 2. The molecule has 9 heteroatoms. The summed E-state index contributed by atoms with van der Waals surface area (Å²) in [6, 6.07) is 6.08. The van der Waals surface area contributed by atoms with E-state index in [0.29, 0.717) is 44.7 Å². The van der Waals surface area contributed by atoms with Gasteiger partial charge in [0, 0.05) is 44.0 Å². The van der Waals surface area contributed by atoms with Gasteiger partial charge in [-0.2, -0.15) is 4.31 Å². The molecule has 0 aromatic heterocycles. The molecule has 2 saturated heterocycles. The molecule has 1 aromatic carbocycles. The van der Waals surface area contributed by atoms with Crippen LogP contribution in [0.15, 0.2) is 41.8 Å². The second-order valence-electron chi connectivity index (χ2n) is 7.67. The topological polar surface area (TPSA) is 105 Å². The Morgan fingerprint density at radius 2 is 1.93 bits per heavy atom. The van der Waals surface area contributed by atoms with Crippen LogP contribution >= 0.6 is 0 Å². The van der Waals surface area contributed by atoms with E-state index < -0.39 is 10.0 Å². The first-order valence-corrected chi connectivity index (χ1v) is 11.8. The number of nitrogens with zero attached hydrogens (tertiary/aromatic N) is 1. The van der Waals surface area contributed by atoms with E-state index in [1.165, 1.54) is 22.5 Å². The molecule has 30 heavy (non-hydrogen) atoms. The maximum Gasteiger partial charge on any atom is 0.243 e. The van der Waals surface area contributed by atoms with Crippen molar-refractivity contribution in [3.05, 3.63) is 36.9 Å². The number of anilines is 1. The molecule has 0 saturated carbocycles. The molecule has 1 atom stereocenters. The average molecular weight is 436 g/mol. The SMILES string of the molecule is C=CC(=O)NC1CCCCN(S(=O)(=O)c2cccc(NC(=O)C3CCOCC3)c2)C1. The predicted octanol–water partition coefficient (Wildman–Crippen LogP) is 1.90. The number of nitrogens with one attached hydrogen (secondary N) is 2. The fourth-order valence-corrected chi connectivity index (χ4v) is 5.36. The first-order chi connectivity index (χ1) is 14.4. The van der Waals surface area contributed by atoms with Crippen LogP contribution in [0, 0.1) is 5.92 Å². The first kappa shape index (κ1) is 22.5. The zero-order chi connectivity index (χ0) is 21.6. The van der Waals surface area contributed by atoms with Gasteiger partial charge in [-0.3, -0.25) is 9.59 Å². The number of carbonyl (C=O) groups excluding carboxylic acids is 2. The van der Waals surface area contributed by atoms with Crippen molar-refractivity contribution in [1.29, 1.82) is 0 Å². The minimum Gasteiger partial charge on any atom is -0.381 e. The van der Waals surface area contributed by atoms with Crippen molar-refractivity contribution >= 4 is 27.5 Å². The second kappa shape index (κ2) is 10.2. The van der Waals surface area contributed by atoms with E-state index in [1.807, 2.05) is 0 Å². The number of rotatable bonds is 6. The van der Waals surface area contributed by atoms with Crippen LogP contribution < -0.4 is 10.6 Å². The number of sulfonamides is 1. The Hall–Kier alpha value is -2.23. The van der Waals surface area contributed by atoms with Crippen LogP contribution in [0.1, 0.15) is 32.1 Å². The van der Waals surface area contributed by atoms with Crippen LogP contribution in [-0.2, 0) is 24.3 Å². The van der Waals surface area contributed by atoms with E-state index in [1.54, 1.807) is 12.1 Å². The summed E-state index contributed by atoms with van der Waals surface area (Å²) >= 11 is 0. The van der Waals surface area contributed by atoms with Gasteiger partial charge in [0.15, 0.2) is 0 Å². The monoisotopic (exact) mass is 435 g/mol. The lowest BCUT2D eigenvalue weighted by Gasteiger charge is -2.25. The van der Waals surface area contributed by atoms with Crippen LogP contribution in [0.3, 0.4) is 0 Å². The molecule has 0 radical (unpaired) electrons. The fraction of sp³-hybridized carbons (Fsp3) is 0.524. The molecular formula is C21H29N3O5S. The summed E-state index contributed by atoms with van der Waals surface area (Å²) in [5.41, 5.74) is 0.457. The molecular weight excluding hydrogens is 406 g/mol. The van der Waals surface area contributed by atoms with Crippen LogP contribution in [0.2, 0.25) is 0 Å². The Kier molecular flexibility index (Phi) is 7.63. The second-order valence-corrected chi connectivity index (χ2v) is 9.61. The lowest BCUT2D eigenvalue weighted by molar-refractivity contribution is -0.122. The standard InChI is InChI=1S/C21H29N3O5S/c1-2-20(25)22-18-6-3-4-11-24(15-18)30(27,28)19-8-5-7-17(14-19)23-21(26)16-9-12-29-13-10-16/h2,5,7-8,14,16,18H,1,3-4,6,9-13,15H2,(H,22,25)(H,23,26). The molecule has 164 valence electrons. The highest BCUT2D eigenvalue weighted by molar-refractivity contribution is 7.89. The Bertz CT molecular complexity index is 880. The third-order valence-electron chi connectivity index (χ3n) is 5.50. The van der Waals surface area contributed by atoms with Crippen LogP contribution in [0.25, 0.3) is 0 Å². The summed E-state index contributed by atoms with van der Waals surface area (Å²) < 4.78 is 33.2. The van der Waals surface area contributed by atoms with Crippen molar-refractivity contribution in [3.63, 3.8) is 0 Å². The Morgan fingerprint density at radius 3 is 2.67 bits per heavy atom. The van der Waals surface area contributed by atoms with E-state index in [0.717, 1.165) is 12.8 Å². The van der Waals surface area contributed by atoms with Gasteiger partial charge in [-0.15, -0.1) is 0 Å². The smallest absolute Gasteiger partial charge is 0.243 e. The summed E-state index contributed by atoms with van der Waals surface area (Å²) in [6.07, 6.45) is 4.78. The lowest BCUT2D eigenvalue weighted by Crippen LogP contribution is -2.44. The fourth-order valence-electron chi connectivity index (χ4n) is 3.79. The number of benzene rings is 1. The summed E-state index contributed by atoms with van der Waals surface area (Å²) in [5.74, 6) is -0.550. The molecule has 0 aliphatic carbocycles. The van der Waals surface area contributed by atoms with Gasteiger partial charge in [0.2, 0.25) is 21.8 Å². The highest BCUT2D eigenvalue weighted by Gasteiger charge is 2.30. The van der Waals surface area contributed by atoms with E-state index in [2.05, 4.69) is 17.2 Å². The molecule has 1 unspecified atom stereocenters. The molecule has 2 fully saturated rings. The average Bonchev–Trinajstić information content (AvgIpc) is 3.00. The Labute approximate surface area is 177 Å². The predicted molar refractivity (Wildman–Crippen MR) is 113 cm³/mol. The number of hydrogen-bond acceptors (Lipinski definition) is 5. The molecule has 2 aliphatic rings. The Morgan fingerprint density at radius 1 is 1.17 bits per heavy atom. The normalized spacial score (nSPS) is 21.4. The zero-order valence-electron chi connectivity index (χ0n) is 17.0. The van der Waals surface area contributed by atoms with Gasteiger partial charge in [0.05, 0.1) is 4.90 Å². The maximum atomic E-state index is 13.2. The Balaban J connectivity index is 1.73. The number of ether oxygens (including phenoxy) is 1. The summed E-state index contributed by atoms with van der Waals surface area (Å²) in [6.45, 7) is 5.17. The molecule has 0 bridgehead atoms. The summed E-state index contributed by atoms with van der Waals surface area (Å²) in [5, 5.41) is 5.64. The quantitative estimate of drug-likeness (QED) is 0.664. The van der Waals surface area contributed by atoms with E-state index >= 15 is 0 Å². The van der Waals surface area contributed by atoms with E-state index in [9.17, 15) is 18.0 Å². The third kappa shape index (κ3) is 5.68. The van der Waals surface area contributed by atoms with Gasteiger partial charge in [-0.1, -0.05) is 19.1 Å². The van der Waals surface area contributed by atoms with Gasteiger partial charge in [-0.05, 0) is 50.0 Å². The zero-order valence-corrected chi connectivity index (χ0v) is 17.8. The van der Waals surface area contributed by atoms with Crippen molar-refractivity contribution in [3.8, 4) is 0 Å². The molecule has 0 spiro atoms. The largest absolute Gasteiger partial charge is 0.381 e. The van der Waals surface area contributed by atoms with Gasteiger partial charge < -0.3 is 15.4 Å². The maximum absolute atomic E-state index is 13.2. The minimum atomic E-state index is -3.76. The molecule has 3 rings (SSSR count). The van der Waals surface area contributed by atoms with E-state index in [-0.39, 0.29) is 35.2 Å². The minimum absolute atomic E-state index is 0.116. The highest BCUT2D eigenvalue weighted by atomic mass is 32.2. The number of amides is 2. The number of carbonyl (C=O) groups is 2. The summed E-state index contributed by atoms with van der Waals surface area (Å²) in [4.78, 5) is 24.3. The van der Waals surface area contributed by atoms with Gasteiger partial charge in [-0.25, -0.2) is 8.42 Å². The van der Waals surface area contributed by atoms with Gasteiger partial charge >= 0.3 is 0 Å². The van der Waals surface area contributed by atoms with Gasteiger partial charge in [0.25, 0.3) is 0 Å². The molecule has 2 aliphatic heterocycles. The van der Waals surface area contributed by atoms with Gasteiger partial charge in [0.1, 0.15) is 0 Å². The van der Waals surface area contributed by atoms with E-state index in [4.69, 9.17) is 4.74 Å². The molecule has 2 N–H and O–H groups in total. The highest BCUT2D eigenvalue weighted by Crippen LogP contribution is 2.24. The van der Waals surface area contributed by atoms with Crippen molar-refractivity contribution in [1.82, 2.24) is 9.62 Å². The molecule has 2 heterocycles. The third-order valence-corrected chi connectivity index (χ3v) is 7.36. The van der Waals surface area contributed by atoms with Crippen molar-refractivity contribution < 1.29 is 22.7 Å². The van der Waals surface area contributed by atoms with Crippen LogP contribution in [0.5, 0.6) is 0 Å². The molecule has 8 nitrogen and oxygen atoms in total. The van der Waals surface area contributed by atoms with Crippen LogP contribution in [-0.4, -0.2) is 56.9 Å². The summed E-state index contributed by atoms with van der Waals surface area (Å²) in [7, 11) is -3.76. The first-order valence-electron chi connectivity index (χ1n) is 10.3. The van der Waals surface area contributed by atoms with Crippen molar-refractivity contribution in [2.24, 2.45) is 5.92 Å². The lowest BCUT2D eigenvalue weighted by atomic mass is 9.99. The van der Waals surface area contributed by atoms with Crippen LogP contribution in [0.4, 0.5) is 5.69 Å².